The van der Waals surface area contributed by atoms with Crippen LogP contribution in [0.25, 0.3) is 0 Å². The fourth-order valence-electron chi connectivity index (χ4n) is 1.99. The predicted octanol–water partition coefficient (Wildman–Crippen LogP) is 1.41. The molecule has 4 heteroatoms. The standard InChI is InChI=1S/C12H17NO3/c1-8-3-11-12(16-7-15-11)4-10(8)9(5-13)6-14-2/h3-4,9H,5-7,13H2,1-2H3. The zero-order valence-electron chi connectivity index (χ0n) is 9.66. The van der Waals surface area contributed by atoms with Crippen LogP contribution in [0.1, 0.15) is 17.0 Å². The Morgan fingerprint density at radius 1 is 1.38 bits per heavy atom. The fraction of sp³-hybridized carbons (Fsp3) is 0.500. The number of methoxy groups -OCH3 is 1. The van der Waals surface area contributed by atoms with Crippen molar-refractivity contribution < 1.29 is 14.2 Å². The molecule has 1 atom stereocenters. The van der Waals surface area contributed by atoms with Crippen LogP contribution in [-0.2, 0) is 4.74 Å². The molecule has 2 N–H and O–H groups in total. The van der Waals surface area contributed by atoms with Gasteiger partial charge in [0.25, 0.3) is 0 Å². The zero-order valence-corrected chi connectivity index (χ0v) is 9.66. The first-order valence-corrected chi connectivity index (χ1v) is 5.35. The van der Waals surface area contributed by atoms with Gasteiger partial charge in [0.2, 0.25) is 6.79 Å². The van der Waals surface area contributed by atoms with Gasteiger partial charge in [-0.3, -0.25) is 0 Å². The quantitative estimate of drug-likeness (QED) is 0.838. The maximum absolute atomic E-state index is 5.75. The third-order valence-corrected chi connectivity index (χ3v) is 2.85. The smallest absolute Gasteiger partial charge is 0.231 e. The maximum atomic E-state index is 5.75. The Morgan fingerprint density at radius 2 is 2.06 bits per heavy atom. The number of aryl methyl sites for hydroxylation is 1. The van der Waals surface area contributed by atoms with E-state index in [-0.39, 0.29) is 5.92 Å². The topological polar surface area (TPSA) is 53.7 Å². The first-order chi connectivity index (χ1) is 7.76. The van der Waals surface area contributed by atoms with Gasteiger partial charge in [0.15, 0.2) is 11.5 Å². The summed E-state index contributed by atoms with van der Waals surface area (Å²) in [5.41, 5.74) is 8.09. The molecule has 0 saturated carbocycles. The third-order valence-electron chi connectivity index (χ3n) is 2.85. The second-order valence-corrected chi connectivity index (χ2v) is 3.95. The van der Waals surface area contributed by atoms with Gasteiger partial charge >= 0.3 is 0 Å². The summed E-state index contributed by atoms with van der Waals surface area (Å²) in [6.07, 6.45) is 0. The molecule has 4 nitrogen and oxygen atoms in total. The molecule has 0 aliphatic carbocycles. The molecule has 1 aliphatic heterocycles. The van der Waals surface area contributed by atoms with Crippen molar-refractivity contribution in [3.05, 3.63) is 23.3 Å². The first kappa shape index (κ1) is 11.2. The molecule has 0 aromatic heterocycles. The van der Waals surface area contributed by atoms with E-state index in [2.05, 4.69) is 6.92 Å². The summed E-state index contributed by atoms with van der Waals surface area (Å²) in [5, 5.41) is 0. The summed E-state index contributed by atoms with van der Waals surface area (Å²) < 4.78 is 15.9. The molecule has 0 saturated heterocycles. The van der Waals surface area contributed by atoms with Gasteiger partial charge in [-0.15, -0.1) is 0 Å². The highest BCUT2D eigenvalue weighted by Gasteiger charge is 2.19. The normalized spacial score (nSPS) is 15.2. The van der Waals surface area contributed by atoms with Crippen LogP contribution in [0, 0.1) is 6.92 Å². The minimum Gasteiger partial charge on any atom is -0.454 e. The van der Waals surface area contributed by atoms with Crippen molar-refractivity contribution in [1.82, 2.24) is 0 Å². The number of hydrogen-bond donors (Lipinski definition) is 1. The molecule has 0 spiro atoms. The van der Waals surface area contributed by atoms with Crippen molar-refractivity contribution >= 4 is 0 Å². The van der Waals surface area contributed by atoms with Crippen molar-refractivity contribution in [1.29, 1.82) is 0 Å². The fourth-order valence-corrected chi connectivity index (χ4v) is 1.99. The minimum atomic E-state index is 0.208. The van der Waals surface area contributed by atoms with Gasteiger partial charge in [-0.25, -0.2) is 0 Å². The van der Waals surface area contributed by atoms with E-state index in [0.717, 1.165) is 17.1 Å². The number of ether oxygens (including phenoxy) is 3. The van der Waals surface area contributed by atoms with Crippen LogP contribution in [0.4, 0.5) is 0 Å². The first-order valence-electron chi connectivity index (χ1n) is 5.35. The van der Waals surface area contributed by atoms with Crippen LogP contribution in [0.3, 0.4) is 0 Å². The van der Waals surface area contributed by atoms with Gasteiger partial charge in [-0.05, 0) is 30.2 Å². The summed E-state index contributed by atoms with van der Waals surface area (Å²) in [6.45, 7) is 3.54. The molecule has 0 fully saturated rings. The molecule has 1 heterocycles. The summed E-state index contributed by atoms with van der Waals surface area (Å²) >= 11 is 0. The summed E-state index contributed by atoms with van der Waals surface area (Å²) in [5.74, 6) is 1.82. The van der Waals surface area contributed by atoms with Crippen molar-refractivity contribution in [2.75, 3.05) is 27.1 Å². The van der Waals surface area contributed by atoms with Crippen molar-refractivity contribution in [2.45, 2.75) is 12.8 Å². The molecule has 1 aromatic rings. The molecule has 2 rings (SSSR count). The molecular weight excluding hydrogens is 206 g/mol. The molecule has 0 amide bonds. The average molecular weight is 223 g/mol. The van der Waals surface area contributed by atoms with E-state index >= 15 is 0 Å². The van der Waals surface area contributed by atoms with Gasteiger partial charge in [0.1, 0.15) is 0 Å². The predicted molar refractivity (Wildman–Crippen MR) is 61.0 cm³/mol. The monoisotopic (exact) mass is 223 g/mol. The van der Waals surface area contributed by atoms with Gasteiger partial charge in [-0.2, -0.15) is 0 Å². The van der Waals surface area contributed by atoms with Gasteiger partial charge < -0.3 is 19.9 Å². The van der Waals surface area contributed by atoms with E-state index in [9.17, 15) is 0 Å². The largest absolute Gasteiger partial charge is 0.454 e. The van der Waals surface area contributed by atoms with Gasteiger partial charge in [0.05, 0.1) is 6.61 Å². The van der Waals surface area contributed by atoms with Crippen molar-refractivity contribution in [2.24, 2.45) is 5.73 Å². The number of hydrogen-bond acceptors (Lipinski definition) is 4. The second-order valence-electron chi connectivity index (χ2n) is 3.95. The minimum absolute atomic E-state index is 0.208. The summed E-state index contributed by atoms with van der Waals surface area (Å²) in [6, 6.07) is 4.00. The average Bonchev–Trinajstić information content (AvgIpc) is 2.72. The van der Waals surface area contributed by atoms with E-state index in [1.165, 1.54) is 5.56 Å². The molecule has 1 unspecified atom stereocenters. The van der Waals surface area contributed by atoms with Crippen LogP contribution in [0.2, 0.25) is 0 Å². The van der Waals surface area contributed by atoms with Crippen LogP contribution >= 0.6 is 0 Å². The number of rotatable bonds is 4. The Labute approximate surface area is 95.3 Å². The molecular formula is C12H17NO3. The summed E-state index contributed by atoms with van der Waals surface area (Å²) in [7, 11) is 1.69. The van der Waals surface area contributed by atoms with Gasteiger partial charge in [-0.1, -0.05) is 0 Å². The number of fused-ring (bicyclic) bond motifs is 1. The summed E-state index contributed by atoms with van der Waals surface area (Å²) in [4.78, 5) is 0. The molecule has 88 valence electrons. The van der Waals surface area contributed by atoms with Crippen LogP contribution in [0.15, 0.2) is 12.1 Å². The van der Waals surface area contributed by atoms with E-state index in [0.29, 0.717) is 19.9 Å². The third kappa shape index (κ3) is 1.99. The Hall–Kier alpha value is -1.26. The number of nitrogens with two attached hydrogens (primary N) is 1. The van der Waals surface area contributed by atoms with Crippen molar-refractivity contribution in [3.63, 3.8) is 0 Å². The highest BCUT2D eigenvalue weighted by molar-refractivity contribution is 5.49. The van der Waals surface area contributed by atoms with Gasteiger partial charge in [0, 0.05) is 19.6 Å². The van der Waals surface area contributed by atoms with E-state index in [1.54, 1.807) is 7.11 Å². The highest BCUT2D eigenvalue weighted by Crippen LogP contribution is 2.36. The van der Waals surface area contributed by atoms with Crippen LogP contribution in [0.5, 0.6) is 11.5 Å². The molecule has 1 aliphatic rings. The molecule has 0 bridgehead atoms. The van der Waals surface area contributed by atoms with Crippen molar-refractivity contribution in [3.8, 4) is 11.5 Å². The van der Waals surface area contributed by atoms with Crippen LogP contribution < -0.4 is 15.2 Å². The maximum Gasteiger partial charge on any atom is 0.231 e. The lowest BCUT2D eigenvalue weighted by Gasteiger charge is -2.17. The molecule has 1 aromatic carbocycles. The van der Waals surface area contributed by atoms with E-state index in [1.807, 2.05) is 12.1 Å². The Kier molecular flexibility index (Phi) is 3.31. The lowest BCUT2D eigenvalue weighted by Crippen LogP contribution is -2.18. The Morgan fingerprint density at radius 3 is 2.69 bits per heavy atom. The Balaban J connectivity index is 2.32. The van der Waals surface area contributed by atoms with E-state index < -0.39 is 0 Å². The second kappa shape index (κ2) is 4.72. The SMILES string of the molecule is COCC(CN)c1cc2c(cc1C)OCO2. The lowest BCUT2D eigenvalue weighted by molar-refractivity contribution is 0.173. The van der Waals surface area contributed by atoms with Crippen LogP contribution in [-0.4, -0.2) is 27.1 Å². The number of benzene rings is 1. The molecule has 16 heavy (non-hydrogen) atoms. The highest BCUT2D eigenvalue weighted by atomic mass is 16.7. The van der Waals surface area contributed by atoms with E-state index in [4.69, 9.17) is 19.9 Å². The Bertz CT molecular complexity index is 379. The zero-order chi connectivity index (χ0) is 11.5. The molecule has 0 radical (unpaired) electrons. The lowest BCUT2D eigenvalue weighted by atomic mass is 9.95.